The van der Waals surface area contributed by atoms with E-state index in [0.29, 0.717) is 0 Å². The standard InChI is InChI=1S/C9H17NO2/c1-3-4-5-6-7-10-8(2)9(11)12/h6-8,10H,3-5H2,1-2H3,(H,11,12). The lowest BCUT2D eigenvalue weighted by Crippen LogP contribution is -2.29. The molecule has 0 aliphatic heterocycles. The summed E-state index contributed by atoms with van der Waals surface area (Å²) in [6.45, 7) is 3.74. The highest BCUT2D eigenvalue weighted by Crippen LogP contribution is 1.93. The molecule has 1 unspecified atom stereocenters. The Balaban J connectivity index is 3.40. The minimum absolute atomic E-state index is 0.497. The van der Waals surface area contributed by atoms with Gasteiger partial charge in [-0.05, 0) is 19.5 Å². The van der Waals surface area contributed by atoms with Crippen LogP contribution in [0.25, 0.3) is 0 Å². The topological polar surface area (TPSA) is 49.3 Å². The van der Waals surface area contributed by atoms with Gasteiger partial charge in [0.25, 0.3) is 0 Å². The Morgan fingerprint density at radius 2 is 2.33 bits per heavy atom. The van der Waals surface area contributed by atoms with Crippen molar-refractivity contribution in [1.29, 1.82) is 0 Å². The smallest absolute Gasteiger partial charge is 0.325 e. The minimum Gasteiger partial charge on any atom is -0.480 e. The molecule has 0 bridgehead atoms. The van der Waals surface area contributed by atoms with E-state index in [1.54, 1.807) is 13.1 Å². The molecule has 0 aromatic heterocycles. The van der Waals surface area contributed by atoms with E-state index in [0.717, 1.165) is 12.8 Å². The van der Waals surface area contributed by atoms with Crippen LogP contribution in [0.1, 0.15) is 33.1 Å². The maximum absolute atomic E-state index is 10.3. The van der Waals surface area contributed by atoms with Gasteiger partial charge >= 0.3 is 5.97 Å². The van der Waals surface area contributed by atoms with Gasteiger partial charge in [0.1, 0.15) is 6.04 Å². The first-order valence-corrected chi connectivity index (χ1v) is 4.32. The summed E-state index contributed by atoms with van der Waals surface area (Å²) in [4.78, 5) is 10.3. The molecule has 0 heterocycles. The number of carboxylic acid groups (broad SMARTS) is 1. The van der Waals surface area contributed by atoms with Gasteiger partial charge in [-0.3, -0.25) is 4.79 Å². The van der Waals surface area contributed by atoms with Gasteiger partial charge in [-0.15, -0.1) is 0 Å². The molecule has 0 saturated heterocycles. The quantitative estimate of drug-likeness (QED) is 0.598. The number of hydrogen-bond acceptors (Lipinski definition) is 2. The first-order chi connectivity index (χ1) is 5.68. The Morgan fingerprint density at radius 3 is 2.83 bits per heavy atom. The van der Waals surface area contributed by atoms with Crippen LogP contribution < -0.4 is 5.32 Å². The van der Waals surface area contributed by atoms with Gasteiger partial charge in [-0.2, -0.15) is 0 Å². The summed E-state index contributed by atoms with van der Waals surface area (Å²) < 4.78 is 0. The van der Waals surface area contributed by atoms with E-state index in [-0.39, 0.29) is 0 Å². The van der Waals surface area contributed by atoms with Crippen LogP contribution in [0.3, 0.4) is 0 Å². The zero-order valence-electron chi connectivity index (χ0n) is 7.71. The van der Waals surface area contributed by atoms with E-state index in [1.807, 2.05) is 6.08 Å². The zero-order chi connectivity index (χ0) is 9.40. The van der Waals surface area contributed by atoms with Crippen LogP contribution in [0, 0.1) is 0 Å². The highest BCUT2D eigenvalue weighted by molar-refractivity contribution is 5.72. The van der Waals surface area contributed by atoms with Crippen molar-refractivity contribution in [2.45, 2.75) is 39.2 Å². The average molecular weight is 171 g/mol. The number of hydrogen-bond donors (Lipinski definition) is 2. The maximum Gasteiger partial charge on any atom is 0.325 e. The number of carboxylic acids is 1. The predicted octanol–water partition coefficient (Wildman–Crippen LogP) is 1.75. The van der Waals surface area contributed by atoms with Gasteiger partial charge in [0.15, 0.2) is 0 Å². The molecule has 0 spiro atoms. The molecule has 2 N–H and O–H groups in total. The van der Waals surface area contributed by atoms with Crippen LogP contribution in [-0.2, 0) is 4.79 Å². The SMILES string of the molecule is CCCCC=CNC(C)C(=O)O. The summed E-state index contributed by atoms with van der Waals surface area (Å²) in [5, 5.41) is 11.2. The molecule has 0 aliphatic rings. The first kappa shape index (κ1) is 11.0. The van der Waals surface area contributed by atoms with Gasteiger partial charge in [0.2, 0.25) is 0 Å². The number of unbranched alkanes of at least 4 members (excludes halogenated alkanes) is 2. The molecular formula is C9H17NO2. The molecule has 0 amide bonds. The van der Waals surface area contributed by atoms with Crippen molar-refractivity contribution < 1.29 is 9.90 Å². The second-order valence-corrected chi connectivity index (χ2v) is 2.77. The van der Waals surface area contributed by atoms with E-state index in [1.165, 1.54) is 6.42 Å². The van der Waals surface area contributed by atoms with Crippen LogP contribution in [-0.4, -0.2) is 17.1 Å². The largest absolute Gasteiger partial charge is 0.480 e. The molecule has 70 valence electrons. The van der Waals surface area contributed by atoms with Crippen molar-refractivity contribution in [3.05, 3.63) is 12.3 Å². The van der Waals surface area contributed by atoms with Crippen LogP contribution >= 0.6 is 0 Å². The molecule has 3 heteroatoms. The number of rotatable bonds is 6. The molecule has 0 rings (SSSR count). The van der Waals surface area contributed by atoms with Crippen molar-refractivity contribution in [2.24, 2.45) is 0 Å². The fourth-order valence-corrected chi connectivity index (χ4v) is 0.689. The second kappa shape index (κ2) is 6.70. The van der Waals surface area contributed by atoms with Crippen molar-refractivity contribution in [2.75, 3.05) is 0 Å². The Kier molecular flexibility index (Phi) is 6.15. The van der Waals surface area contributed by atoms with Crippen molar-refractivity contribution in [1.82, 2.24) is 5.32 Å². The van der Waals surface area contributed by atoms with E-state index < -0.39 is 12.0 Å². The molecule has 12 heavy (non-hydrogen) atoms. The Bertz CT molecular complexity index is 155. The monoisotopic (exact) mass is 171 g/mol. The Hall–Kier alpha value is -0.990. The maximum atomic E-state index is 10.3. The van der Waals surface area contributed by atoms with Crippen LogP contribution in [0.15, 0.2) is 12.3 Å². The molecule has 1 atom stereocenters. The molecule has 0 aromatic carbocycles. The fraction of sp³-hybridized carbons (Fsp3) is 0.667. The fourth-order valence-electron chi connectivity index (χ4n) is 0.689. The van der Waals surface area contributed by atoms with Gasteiger partial charge in [0, 0.05) is 0 Å². The molecule has 3 nitrogen and oxygen atoms in total. The lowest BCUT2D eigenvalue weighted by Gasteiger charge is -2.04. The summed E-state index contributed by atoms with van der Waals surface area (Å²) in [5.41, 5.74) is 0. The average Bonchev–Trinajstić information content (AvgIpc) is 2.03. The lowest BCUT2D eigenvalue weighted by molar-refractivity contribution is -0.138. The second-order valence-electron chi connectivity index (χ2n) is 2.77. The summed E-state index contributed by atoms with van der Waals surface area (Å²) in [5.74, 6) is -0.824. The van der Waals surface area contributed by atoms with Crippen molar-refractivity contribution in [3.63, 3.8) is 0 Å². The molecule has 0 saturated carbocycles. The Labute approximate surface area is 73.5 Å². The predicted molar refractivity (Wildman–Crippen MR) is 48.9 cm³/mol. The third kappa shape index (κ3) is 5.77. The molecule has 0 radical (unpaired) electrons. The van der Waals surface area contributed by atoms with E-state index in [4.69, 9.17) is 5.11 Å². The summed E-state index contributed by atoms with van der Waals surface area (Å²) in [6, 6.07) is -0.497. The minimum atomic E-state index is -0.824. The van der Waals surface area contributed by atoms with Crippen molar-refractivity contribution in [3.8, 4) is 0 Å². The number of nitrogens with one attached hydrogen (secondary N) is 1. The number of carbonyl (C=O) groups is 1. The van der Waals surface area contributed by atoms with E-state index in [2.05, 4.69) is 12.2 Å². The van der Waals surface area contributed by atoms with Gasteiger partial charge < -0.3 is 10.4 Å². The van der Waals surface area contributed by atoms with Gasteiger partial charge in [-0.1, -0.05) is 25.8 Å². The molecule has 0 aliphatic carbocycles. The van der Waals surface area contributed by atoms with Crippen LogP contribution in [0.2, 0.25) is 0 Å². The highest BCUT2D eigenvalue weighted by Gasteiger charge is 2.05. The van der Waals surface area contributed by atoms with Crippen molar-refractivity contribution >= 4 is 5.97 Å². The van der Waals surface area contributed by atoms with Crippen LogP contribution in [0.4, 0.5) is 0 Å². The summed E-state index contributed by atoms with van der Waals surface area (Å²) in [6.07, 6.45) is 7.01. The molecule has 0 aromatic rings. The molecular weight excluding hydrogens is 154 g/mol. The third-order valence-electron chi connectivity index (χ3n) is 1.56. The first-order valence-electron chi connectivity index (χ1n) is 4.32. The van der Waals surface area contributed by atoms with E-state index >= 15 is 0 Å². The number of aliphatic carboxylic acids is 1. The number of allylic oxidation sites excluding steroid dienone is 1. The van der Waals surface area contributed by atoms with Crippen LogP contribution in [0.5, 0.6) is 0 Å². The lowest BCUT2D eigenvalue weighted by atomic mass is 10.2. The normalized spacial score (nSPS) is 13.2. The van der Waals surface area contributed by atoms with E-state index in [9.17, 15) is 4.79 Å². The van der Waals surface area contributed by atoms with Gasteiger partial charge in [0.05, 0.1) is 0 Å². The third-order valence-corrected chi connectivity index (χ3v) is 1.56. The zero-order valence-corrected chi connectivity index (χ0v) is 7.71. The highest BCUT2D eigenvalue weighted by atomic mass is 16.4. The molecule has 0 fully saturated rings. The summed E-state index contributed by atoms with van der Waals surface area (Å²) in [7, 11) is 0. The van der Waals surface area contributed by atoms with Gasteiger partial charge in [-0.25, -0.2) is 0 Å². The Morgan fingerprint density at radius 1 is 1.67 bits per heavy atom. The summed E-state index contributed by atoms with van der Waals surface area (Å²) >= 11 is 0.